The summed E-state index contributed by atoms with van der Waals surface area (Å²) in [5.74, 6) is 0.878. The first-order chi connectivity index (χ1) is 8.72. The minimum atomic E-state index is 0.818. The lowest BCUT2D eigenvalue weighted by molar-refractivity contribution is 0.416. The fourth-order valence-corrected chi connectivity index (χ4v) is 2.10. The molecule has 0 atom stereocenters. The van der Waals surface area contributed by atoms with Gasteiger partial charge in [-0.15, -0.1) is 0 Å². The van der Waals surface area contributed by atoms with Gasteiger partial charge in [-0.05, 0) is 42.7 Å². The molecule has 0 spiro atoms. The summed E-state index contributed by atoms with van der Waals surface area (Å²) >= 11 is 0. The summed E-state index contributed by atoms with van der Waals surface area (Å²) in [4.78, 5) is 0. The van der Waals surface area contributed by atoms with E-state index < -0.39 is 0 Å². The molecular weight excluding hydrogens is 222 g/mol. The molecule has 0 aliphatic heterocycles. The van der Waals surface area contributed by atoms with Crippen LogP contribution in [0.1, 0.15) is 16.7 Å². The van der Waals surface area contributed by atoms with Gasteiger partial charge in [-0.3, -0.25) is 0 Å². The number of aryl methyl sites for hydroxylation is 2. The summed E-state index contributed by atoms with van der Waals surface area (Å²) in [6.45, 7) is 5.11. The van der Waals surface area contributed by atoms with Crippen molar-refractivity contribution in [3.05, 3.63) is 59.2 Å². The molecule has 0 saturated carbocycles. The Morgan fingerprint density at radius 2 is 1.61 bits per heavy atom. The minimum absolute atomic E-state index is 0.818. The quantitative estimate of drug-likeness (QED) is 0.875. The molecule has 18 heavy (non-hydrogen) atoms. The van der Waals surface area contributed by atoms with E-state index in [2.05, 4.69) is 37.4 Å². The molecule has 0 aliphatic carbocycles. The van der Waals surface area contributed by atoms with Crippen molar-refractivity contribution in [3.8, 4) is 5.75 Å². The molecule has 1 N–H and O–H groups in total. The Bertz CT molecular complexity index is 514. The van der Waals surface area contributed by atoms with Crippen LogP contribution in [0.4, 0.5) is 5.69 Å². The molecule has 0 aliphatic rings. The molecule has 0 heterocycles. The fourth-order valence-electron chi connectivity index (χ4n) is 2.10. The predicted molar refractivity (Wildman–Crippen MR) is 76.2 cm³/mol. The van der Waals surface area contributed by atoms with E-state index in [-0.39, 0.29) is 0 Å². The highest BCUT2D eigenvalue weighted by atomic mass is 16.5. The molecule has 0 amide bonds. The summed E-state index contributed by atoms with van der Waals surface area (Å²) in [6, 6.07) is 14.4. The van der Waals surface area contributed by atoms with Gasteiger partial charge in [-0.25, -0.2) is 0 Å². The van der Waals surface area contributed by atoms with Crippen LogP contribution in [0.3, 0.4) is 0 Å². The number of para-hydroxylation sites is 2. The van der Waals surface area contributed by atoms with E-state index in [9.17, 15) is 0 Å². The SMILES string of the molecule is COc1ccccc1NCc1c(C)cccc1C. The Labute approximate surface area is 109 Å². The Hall–Kier alpha value is -1.96. The number of ether oxygens (including phenoxy) is 1. The van der Waals surface area contributed by atoms with Gasteiger partial charge in [-0.2, -0.15) is 0 Å². The zero-order valence-electron chi connectivity index (χ0n) is 11.2. The van der Waals surface area contributed by atoms with Crippen molar-refractivity contribution in [1.82, 2.24) is 0 Å². The van der Waals surface area contributed by atoms with E-state index in [1.165, 1.54) is 16.7 Å². The van der Waals surface area contributed by atoms with Crippen molar-refractivity contribution >= 4 is 5.69 Å². The zero-order valence-corrected chi connectivity index (χ0v) is 11.2. The summed E-state index contributed by atoms with van der Waals surface area (Å²) in [5.41, 5.74) is 5.01. The van der Waals surface area contributed by atoms with Gasteiger partial charge in [0.05, 0.1) is 12.8 Å². The Kier molecular flexibility index (Phi) is 3.88. The Morgan fingerprint density at radius 3 is 2.28 bits per heavy atom. The largest absolute Gasteiger partial charge is 0.495 e. The average molecular weight is 241 g/mol. The molecule has 0 aromatic heterocycles. The number of benzene rings is 2. The first-order valence-electron chi connectivity index (χ1n) is 6.14. The second-order valence-electron chi connectivity index (χ2n) is 4.42. The third kappa shape index (κ3) is 2.65. The maximum absolute atomic E-state index is 5.33. The van der Waals surface area contributed by atoms with Crippen LogP contribution >= 0.6 is 0 Å². The molecule has 2 nitrogen and oxygen atoms in total. The van der Waals surface area contributed by atoms with E-state index in [0.717, 1.165) is 18.0 Å². The lowest BCUT2D eigenvalue weighted by Crippen LogP contribution is -2.04. The van der Waals surface area contributed by atoms with Gasteiger partial charge in [-0.1, -0.05) is 30.3 Å². The van der Waals surface area contributed by atoms with Crippen LogP contribution in [0, 0.1) is 13.8 Å². The van der Waals surface area contributed by atoms with Gasteiger partial charge in [0.15, 0.2) is 0 Å². The van der Waals surface area contributed by atoms with E-state index in [1.807, 2.05) is 24.3 Å². The average Bonchev–Trinajstić information content (AvgIpc) is 2.38. The molecule has 94 valence electrons. The van der Waals surface area contributed by atoms with Crippen molar-refractivity contribution < 1.29 is 4.74 Å². The molecule has 0 saturated heterocycles. The van der Waals surface area contributed by atoms with E-state index >= 15 is 0 Å². The summed E-state index contributed by atoms with van der Waals surface area (Å²) in [6.07, 6.45) is 0. The van der Waals surface area contributed by atoms with Crippen molar-refractivity contribution in [2.45, 2.75) is 20.4 Å². The highest BCUT2D eigenvalue weighted by Gasteiger charge is 2.04. The molecular formula is C16H19NO. The molecule has 2 rings (SSSR count). The molecule has 2 aromatic carbocycles. The van der Waals surface area contributed by atoms with Gasteiger partial charge < -0.3 is 10.1 Å². The second-order valence-corrected chi connectivity index (χ2v) is 4.42. The van der Waals surface area contributed by atoms with Crippen LogP contribution in [0.25, 0.3) is 0 Å². The van der Waals surface area contributed by atoms with Crippen molar-refractivity contribution in [2.75, 3.05) is 12.4 Å². The van der Waals surface area contributed by atoms with E-state index in [4.69, 9.17) is 4.74 Å². The first kappa shape index (κ1) is 12.5. The van der Waals surface area contributed by atoms with Crippen molar-refractivity contribution in [1.29, 1.82) is 0 Å². The highest BCUT2D eigenvalue weighted by molar-refractivity contribution is 5.56. The molecule has 0 bridgehead atoms. The molecule has 2 aromatic rings. The van der Waals surface area contributed by atoms with Gasteiger partial charge >= 0.3 is 0 Å². The molecule has 2 heteroatoms. The number of nitrogens with one attached hydrogen (secondary N) is 1. The number of anilines is 1. The van der Waals surface area contributed by atoms with Gasteiger partial charge in [0.25, 0.3) is 0 Å². The summed E-state index contributed by atoms with van der Waals surface area (Å²) in [7, 11) is 1.69. The second kappa shape index (κ2) is 5.58. The molecule has 0 unspecified atom stereocenters. The lowest BCUT2D eigenvalue weighted by atomic mass is 10.0. The molecule has 0 radical (unpaired) electrons. The maximum Gasteiger partial charge on any atom is 0.141 e. The normalized spacial score (nSPS) is 10.2. The third-order valence-corrected chi connectivity index (χ3v) is 3.21. The smallest absolute Gasteiger partial charge is 0.141 e. The minimum Gasteiger partial charge on any atom is -0.495 e. The summed E-state index contributed by atoms with van der Waals surface area (Å²) in [5, 5.41) is 3.44. The number of rotatable bonds is 4. The third-order valence-electron chi connectivity index (χ3n) is 3.21. The Balaban J connectivity index is 2.16. The Morgan fingerprint density at radius 1 is 0.944 bits per heavy atom. The van der Waals surface area contributed by atoms with E-state index in [0.29, 0.717) is 0 Å². The maximum atomic E-state index is 5.33. The fraction of sp³-hybridized carbons (Fsp3) is 0.250. The monoisotopic (exact) mass is 241 g/mol. The number of hydrogen-bond acceptors (Lipinski definition) is 2. The highest BCUT2D eigenvalue weighted by Crippen LogP contribution is 2.24. The zero-order chi connectivity index (χ0) is 13.0. The van der Waals surface area contributed by atoms with Crippen LogP contribution in [0.15, 0.2) is 42.5 Å². The summed E-state index contributed by atoms with van der Waals surface area (Å²) < 4.78 is 5.33. The van der Waals surface area contributed by atoms with Gasteiger partial charge in [0, 0.05) is 6.54 Å². The van der Waals surface area contributed by atoms with Crippen LogP contribution in [0.2, 0.25) is 0 Å². The van der Waals surface area contributed by atoms with E-state index in [1.54, 1.807) is 7.11 Å². The molecule has 0 fully saturated rings. The van der Waals surface area contributed by atoms with Crippen LogP contribution in [-0.2, 0) is 6.54 Å². The lowest BCUT2D eigenvalue weighted by Gasteiger charge is -2.14. The predicted octanol–water partition coefficient (Wildman–Crippen LogP) is 3.92. The van der Waals surface area contributed by atoms with Gasteiger partial charge in [0.1, 0.15) is 5.75 Å². The van der Waals surface area contributed by atoms with Crippen molar-refractivity contribution in [3.63, 3.8) is 0 Å². The van der Waals surface area contributed by atoms with Crippen LogP contribution in [0.5, 0.6) is 5.75 Å². The topological polar surface area (TPSA) is 21.3 Å². The van der Waals surface area contributed by atoms with Gasteiger partial charge in [0.2, 0.25) is 0 Å². The number of methoxy groups -OCH3 is 1. The van der Waals surface area contributed by atoms with Crippen molar-refractivity contribution in [2.24, 2.45) is 0 Å². The standard InChI is InChI=1S/C16H19NO/c1-12-7-6-8-13(2)14(12)11-17-15-9-4-5-10-16(15)18-3/h4-10,17H,11H2,1-3H3. The first-order valence-corrected chi connectivity index (χ1v) is 6.14. The number of hydrogen-bond donors (Lipinski definition) is 1. The van der Waals surface area contributed by atoms with Crippen LogP contribution < -0.4 is 10.1 Å². The van der Waals surface area contributed by atoms with Crippen LogP contribution in [-0.4, -0.2) is 7.11 Å².